The van der Waals surface area contributed by atoms with Gasteiger partial charge >= 0.3 is 0 Å². The van der Waals surface area contributed by atoms with E-state index in [1.807, 2.05) is 4.90 Å². The number of fused-ring (bicyclic) bond motifs is 1. The van der Waals surface area contributed by atoms with E-state index in [0.29, 0.717) is 53.5 Å². The molecule has 0 spiro atoms. The van der Waals surface area contributed by atoms with Gasteiger partial charge in [0.1, 0.15) is 28.2 Å². The van der Waals surface area contributed by atoms with E-state index in [-0.39, 0.29) is 35.8 Å². The minimum Gasteiger partial charge on any atom is -0.382 e. The van der Waals surface area contributed by atoms with E-state index in [9.17, 15) is 18.4 Å². The lowest BCUT2D eigenvalue weighted by molar-refractivity contribution is -0.116. The van der Waals surface area contributed by atoms with Crippen LogP contribution in [0.5, 0.6) is 0 Å². The molecule has 2 aliphatic rings. The Balaban J connectivity index is 1.36. The number of nitrogen functional groups attached to an aromatic ring is 1. The van der Waals surface area contributed by atoms with Gasteiger partial charge in [0.25, 0.3) is 5.91 Å². The lowest BCUT2D eigenvalue weighted by atomic mass is 10.0. The Kier molecular flexibility index (Phi) is 5.40. The van der Waals surface area contributed by atoms with Gasteiger partial charge in [-0.1, -0.05) is 0 Å². The molecule has 4 aromatic rings. The maximum Gasteiger partial charge on any atom is 0.273 e. The van der Waals surface area contributed by atoms with Gasteiger partial charge in [-0.15, -0.1) is 16.4 Å². The quantitative estimate of drug-likeness (QED) is 0.449. The monoisotopic (exact) mass is 509 g/mol. The highest BCUT2D eigenvalue weighted by Crippen LogP contribution is 2.38. The van der Waals surface area contributed by atoms with Gasteiger partial charge in [0, 0.05) is 36.7 Å². The Hall–Kier alpha value is -3.93. The second-order valence-electron chi connectivity index (χ2n) is 8.88. The van der Waals surface area contributed by atoms with Gasteiger partial charge in [0.2, 0.25) is 0 Å². The molecule has 2 fully saturated rings. The molecule has 12 heteroatoms. The number of likely N-dealkylation sites (tertiary alicyclic amines) is 1. The maximum absolute atomic E-state index is 14.6. The SMILES string of the molecule is Nc1nn2ccc(N3CCCC3c3cc(F)ccc3F)nc2c1-c1nc(C(=O)N2CCC(=O)C2)cs1. The summed E-state index contributed by atoms with van der Waals surface area (Å²) in [5.41, 5.74) is 7.69. The molecule has 1 unspecified atom stereocenters. The van der Waals surface area contributed by atoms with E-state index in [1.165, 1.54) is 26.8 Å². The molecule has 2 N–H and O–H groups in total. The number of hydrogen-bond acceptors (Lipinski definition) is 8. The van der Waals surface area contributed by atoms with Crippen molar-refractivity contribution in [3.05, 3.63) is 58.7 Å². The predicted octanol–water partition coefficient (Wildman–Crippen LogP) is 3.47. The zero-order valence-electron chi connectivity index (χ0n) is 19.0. The Labute approximate surface area is 208 Å². The lowest BCUT2D eigenvalue weighted by Gasteiger charge is -2.26. The number of halogens is 2. The predicted molar refractivity (Wildman–Crippen MR) is 130 cm³/mol. The van der Waals surface area contributed by atoms with E-state index in [2.05, 4.69) is 10.1 Å². The van der Waals surface area contributed by atoms with Gasteiger partial charge in [0.15, 0.2) is 17.2 Å². The summed E-state index contributed by atoms with van der Waals surface area (Å²) in [5.74, 6) is -0.426. The Bertz CT molecular complexity index is 1520. The molecule has 1 amide bonds. The molecule has 1 aromatic carbocycles. The maximum atomic E-state index is 14.6. The van der Waals surface area contributed by atoms with Gasteiger partial charge < -0.3 is 15.5 Å². The number of anilines is 2. The van der Waals surface area contributed by atoms with Crippen LogP contribution >= 0.6 is 11.3 Å². The number of nitrogens with zero attached hydrogens (tertiary/aromatic N) is 6. The Morgan fingerprint density at radius 1 is 1.17 bits per heavy atom. The first kappa shape index (κ1) is 22.5. The number of nitrogens with two attached hydrogens (primary N) is 1. The summed E-state index contributed by atoms with van der Waals surface area (Å²) in [4.78, 5) is 37.0. The number of benzene rings is 1. The van der Waals surface area contributed by atoms with Crippen LogP contribution in [0.4, 0.5) is 20.4 Å². The second-order valence-corrected chi connectivity index (χ2v) is 9.74. The molecule has 2 saturated heterocycles. The van der Waals surface area contributed by atoms with Crippen LogP contribution in [0.2, 0.25) is 0 Å². The van der Waals surface area contributed by atoms with Crippen LogP contribution in [0.1, 0.15) is 41.4 Å². The van der Waals surface area contributed by atoms with Crippen molar-refractivity contribution < 1.29 is 18.4 Å². The molecule has 0 bridgehead atoms. The fraction of sp³-hybridized carbons (Fsp3) is 0.292. The second kappa shape index (κ2) is 8.63. The number of amides is 1. The third kappa shape index (κ3) is 3.77. The molecule has 9 nitrogen and oxygen atoms in total. The number of hydrogen-bond donors (Lipinski definition) is 1. The smallest absolute Gasteiger partial charge is 0.273 e. The normalized spacial score (nSPS) is 18.1. The van der Waals surface area contributed by atoms with E-state index < -0.39 is 11.6 Å². The molecule has 6 rings (SSSR count). The van der Waals surface area contributed by atoms with E-state index in [4.69, 9.17) is 10.7 Å². The number of aromatic nitrogens is 4. The van der Waals surface area contributed by atoms with Gasteiger partial charge in [-0.25, -0.2) is 23.3 Å². The molecule has 0 saturated carbocycles. The average Bonchev–Trinajstić information content (AvgIpc) is 3.65. The summed E-state index contributed by atoms with van der Waals surface area (Å²) < 4.78 is 30.0. The van der Waals surface area contributed by atoms with Crippen molar-refractivity contribution in [1.82, 2.24) is 24.5 Å². The van der Waals surface area contributed by atoms with Crippen LogP contribution in [-0.4, -0.2) is 55.8 Å². The number of Topliss-reactive ketones (excluding diaryl/α,β-unsaturated/α-hetero) is 1. The van der Waals surface area contributed by atoms with Crippen molar-refractivity contribution >= 4 is 40.3 Å². The highest BCUT2D eigenvalue weighted by molar-refractivity contribution is 7.13. The minimum absolute atomic E-state index is 0.0285. The number of carbonyl (C=O) groups is 2. The molecule has 0 radical (unpaired) electrons. The summed E-state index contributed by atoms with van der Waals surface area (Å²) in [5, 5.41) is 6.45. The van der Waals surface area contributed by atoms with Crippen LogP contribution < -0.4 is 10.6 Å². The molecule has 0 aliphatic carbocycles. The van der Waals surface area contributed by atoms with Crippen LogP contribution in [0, 0.1) is 11.6 Å². The van der Waals surface area contributed by atoms with E-state index >= 15 is 0 Å². The topological polar surface area (TPSA) is 110 Å². The van der Waals surface area contributed by atoms with Gasteiger partial charge in [-0.2, -0.15) is 0 Å². The minimum atomic E-state index is -0.486. The van der Waals surface area contributed by atoms with Crippen LogP contribution in [0.3, 0.4) is 0 Å². The van der Waals surface area contributed by atoms with Crippen molar-refractivity contribution in [3.63, 3.8) is 0 Å². The number of carbonyl (C=O) groups excluding carboxylic acids is 2. The molecule has 5 heterocycles. The first-order valence-corrected chi connectivity index (χ1v) is 12.4. The summed E-state index contributed by atoms with van der Waals surface area (Å²) in [7, 11) is 0. The first-order valence-electron chi connectivity index (χ1n) is 11.5. The fourth-order valence-electron chi connectivity index (χ4n) is 4.89. The Morgan fingerprint density at radius 3 is 2.83 bits per heavy atom. The number of ketones is 1. The Morgan fingerprint density at radius 2 is 2.03 bits per heavy atom. The zero-order chi connectivity index (χ0) is 25.0. The van der Waals surface area contributed by atoms with Crippen molar-refractivity contribution in [3.8, 4) is 10.6 Å². The standard InChI is InChI=1S/C24H21F2N7O2S/c25-13-3-4-16(26)15(10-13)18-2-1-7-32(18)19-6-9-33-22(29-19)20(21(27)30-33)23-28-17(12-36-23)24(35)31-8-5-14(34)11-31/h3-4,6,9-10,12,18H,1-2,5,7-8,11H2,(H2,27,30). The fourth-order valence-corrected chi connectivity index (χ4v) is 5.73. The average molecular weight is 510 g/mol. The third-order valence-corrected chi connectivity index (χ3v) is 7.47. The highest BCUT2D eigenvalue weighted by atomic mass is 32.1. The largest absolute Gasteiger partial charge is 0.382 e. The van der Waals surface area contributed by atoms with Crippen LogP contribution in [0.25, 0.3) is 16.2 Å². The molecular weight excluding hydrogens is 488 g/mol. The molecule has 1 atom stereocenters. The number of rotatable bonds is 4. The van der Waals surface area contributed by atoms with Crippen molar-refractivity contribution in [2.75, 3.05) is 30.3 Å². The lowest BCUT2D eigenvalue weighted by Crippen LogP contribution is -2.28. The number of thiazole rings is 1. The molecule has 36 heavy (non-hydrogen) atoms. The highest BCUT2D eigenvalue weighted by Gasteiger charge is 2.31. The van der Waals surface area contributed by atoms with Crippen molar-refractivity contribution in [1.29, 1.82) is 0 Å². The molecule has 184 valence electrons. The molecular formula is C24H21F2N7O2S. The summed E-state index contributed by atoms with van der Waals surface area (Å²) >= 11 is 1.24. The summed E-state index contributed by atoms with van der Waals surface area (Å²) in [6.45, 7) is 1.11. The van der Waals surface area contributed by atoms with Gasteiger partial charge in [-0.05, 0) is 37.1 Å². The van der Waals surface area contributed by atoms with E-state index in [1.54, 1.807) is 17.6 Å². The van der Waals surface area contributed by atoms with Crippen LogP contribution in [0.15, 0.2) is 35.8 Å². The zero-order valence-corrected chi connectivity index (χ0v) is 19.8. The van der Waals surface area contributed by atoms with Crippen molar-refractivity contribution in [2.24, 2.45) is 0 Å². The van der Waals surface area contributed by atoms with Crippen molar-refractivity contribution in [2.45, 2.75) is 25.3 Å². The molecule has 2 aliphatic heterocycles. The molecule has 3 aromatic heterocycles. The van der Waals surface area contributed by atoms with Crippen LogP contribution in [-0.2, 0) is 4.79 Å². The van der Waals surface area contributed by atoms with Gasteiger partial charge in [-0.3, -0.25) is 9.59 Å². The summed E-state index contributed by atoms with van der Waals surface area (Å²) in [6, 6.07) is 4.90. The van der Waals surface area contributed by atoms with E-state index in [0.717, 1.165) is 18.6 Å². The third-order valence-electron chi connectivity index (χ3n) is 6.61. The van der Waals surface area contributed by atoms with Gasteiger partial charge in [0.05, 0.1) is 18.2 Å². The first-order chi connectivity index (χ1) is 17.4. The summed E-state index contributed by atoms with van der Waals surface area (Å²) in [6.07, 6.45) is 3.54.